The summed E-state index contributed by atoms with van der Waals surface area (Å²) in [5.74, 6) is 0.484. The molecule has 0 fully saturated rings. The number of nitro benzene ring substituents is 1. The van der Waals surface area contributed by atoms with E-state index in [2.05, 4.69) is 0 Å². The highest BCUT2D eigenvalue weighted by Gasteiger charge is 2.28. The molecule has 2 aromatic carbocycles. The maximum absolute atomic E-state index is 12.0. The molecule has 1 aliphatic rings. The van der Waals surface area contributed by atoms with E-state index in [-0.39, 0.29) is 18.9 Å². The standard InChI is InChI=1S/C16H13NO6/c18-16(15-10-21-13-6-1-2-7-14(13)23-15)22-9-11-4-3-5-12(8-11)17(19)20/h1-8,15H,9-10H2/t15-/m1/s1. The van der Waals surface area contributed by atoms with Crippen LogP contribution in [0.4, 0.5) is 5.69 Å². The molecule has 7 nitrogen and oxygen atoms in total. The van der Waals surface area contributed by atoms with E-state index in [1.165, 1.54) is 18.2 Å². The lowest BCUT2D eigenvalue weighted by molar-refractivity contribution is -0.384. The maximum atomic E-state index is 12.0. The minimum Gasteiger partial charge on any atom is -0.485 e. The van der Waals surface area contributed by atoms with E-state index in [1.54, 1.807) is 24.3 Å². The van der Waals surface area contributed by atoms with Crippen molar-refractivity contribution in [3.8, 4) is 11.5 Å². The smallest absolute Gasteiger partial charge is 0.351 e. The van der Waals surface area contributed by atoms with Crippen molar-refractivity contribution in [3.05, 3.63) is 64.2 Å². The van der Waals surface area contributed by atoms with Crippen molar-refractivity contribution in [2.75, 3.05) is 6.61 Å². The number of hydrogen-bond acceptors (Lipinski definition) is 6. The summed E-state index contributed by atoms with van der Waals surface area (Å²) in [4.78, 5) is 22.3. The van der Waals surface area contributed by atoms with Gasteiger partial charge in [0, 0.05) is 12.1 Å². The lowest BCUT2D eigenvalue weighted by Gasteiger charge is -2.24. The fourth-order valence-electron chi connectivity index (χ4n) is 2.14. The number of carbonyl (C=O) groups excluding carboxylic acids is 1. The molecule has 0 bridgehead atoms. The topological polar surface area (TPSA) is 87.9 Å². The average Bonchev–Trinajstić information content (AvgIpc) is 2.59. The van der Waals surface area contributed by atoms with Gasteiger partial charge in [-0.2, -0.15) is 0 Å². The second-order valence-corrected chi connectivity index (χ2v) is 4.90. The second kappa shape index (κ2) is 6.35. The molecular formula is C16H13NO6. The third-order valence-electron chi connectivity index (χ3n) is 3.27. The van der Waals surface area contributed by atoms with Crippen molar-refractivity contribution in [2.45, 2.75) is 12.7 Å². The summed E-state index contributed by atoms with van der Waals surface area (Å²) in [6, 6.07) is 13.0. The first-order valence-corrected chi connectivity index (χ1v) is 6.92. The molecule has 0 amide bonds. The number of carbonyl (C=O) groups is 1. The van der Waals surface area contributed by atoms with Crippen molar-refractivity contribution >= 4 is 11.7 Å². The summed E-state index contributed by atoms with van der Waals surface area (Å²) in [5, 5.41) is 10.7. The fourth-order valence-corrected chi connectivity index (χ4v) is 2.14. The SMILES string of the molecule is O=C(OCc1cccc([N+](=O)[O-])c1)[C@H]1COc2ccccc2O1. The van der Waals surface area contributed by atoms with Crippen molar-refractivity contribution in [1.29, 1.82) is 0 Å². The predicted molar refractivity (Wildman–Crippen MR) is 79.2 cm³/mol. The van der Waals surface area contributed by atoms with Gasteiger partial charge in [0.15, 0.2) is 11.5 Å². The molecule has 7 heteroatoms. The largest absolute Gasteiger partial charge is 0.485 e. The number of nitrogens with zero attached hydrogens (tertiary/aromatic N) is 1. The molecule has 1 aliphatic heterocycles. The van der Waals surface area contributed by atoms with E-state index in [4.69, 9.17) is 14.2 Å². The van der Waals surface area contributed by atoms with E-state index in [9.17, 15) is 14.9 Å². The zero-order chi connectivity index (χ0) is 16.2. The summed E-state index contributed by atoms with van der Waals surface area (Å²) in [6.07, 6.45) is -0.858. The van der Waals surface area contributed by atoms with Crippen molar-refractivity contribution in [1.82, 2.24) is 0 Å². The van der Waals surface area contributed by atoms with E-state index in [1.807, 2.05) is 6.07 Å². The van der Waals surface area contributed by atoms with E-state index in [0.717, 1.165) is 0 Å². The van der Waals surface area contributed by atoms with Gasteiger partial charge in [-0.05, 0) is 17.7 Å². The highest BCUT2D eigenvalue weighted by Crippen LogP contribution is 2.31. The third-order valence-corrected chi connectivity index (χ3v) is 3.27. The highest BCUT2D eigenvalue weighted by atomic mass is 16.6. The van der Waals surface area contributed by atoms with Crippen LogP contribution in [0.1, 0.15) is 5.56 Å². The minimum atomic E-state index is -0.858. The monoisotopic (exact) mass is 315 g/mol. The quantitative estimate of drug-likeness (QED) is 0.489. The molecular weight excluding hydrogens is 302 g/mol. The molecule has 118 valence electrons. The van der Waals surface area contributed by atoms with E-state index in [0.29, 0.717) is 17.1 Å². The Bertz CT molecular complexity index is 745. The van der Waals surface area contributed by atoms with Crippen LogP contribution in [0.5, 0.6) is 11.5 Å². The number of benzene rings is 2. The van der Waals surface area contributed by atoms with Crippen molar-refractivity contribution < 1.29 is 23.9 Å². The van der Waals surface area contributed by atoms with Gasteiger partial charge in [0.25, 0.3) is 5.69 Å². The van der Waals surface area contributed by atoms with Gasteiger partial charge < -0.3 is 14.2 Å². The first-order valence-electron chi connectivity index (χ1n) is 6.92. The van der Waals surface area contributed by atoms with Gasteiger partial charge in [-0.15, -0.1) is 0 Å². The number of hydrogen-bond donors (Lipinski definition) is 0. The van der Waals surface area contributed by atoms with Gasteiger partial charge in [-0.25, -0.2) is 4.79 Å². The Labute approximate surface area is 131 Å². The van der Waals surface area contributed by atoms with Gasteiger partial charge in [-0.1, -0.05) is 24.3 Å². The minimum absolute atomic E-state index is 0.0512. The fraction of sp³-hybridized carbons (Fsp3) is 0.188. The van der Waals surface area contributed by atoms with E-state index < -0.39 is 17.0 Å². The van der Waals surface area contributed by atoms with Crippen LogP contribution in [0.25, 0.3) is 0 Å². The summed E-state index contributed by atoms with van der Waals surface area (Å²) >= 11 is 0. The maximum Gasteiger partial charge on any atom is 0.351 e. The first kappa shape index (κ1) is 14.8. The second-order valence-electron chi connectivity index (χ2n) is 4.90. The molecule has 3 rings (SSSR count). The Kier molecular flexibility index (Phi) is 4.09. The molecule has 1 atom stereocenters. The molecule has 1 heterocycles. The first-order chi connectivity index (χ1) is 11.1. The molecule has 0 unspecified atom stereocenters. The molecule has 0 saturated carbocycles. The van der Waals surface area contributed by atoms with E-state index >= 15 is 0 Å². The molecule has 0 N–H and O–H groups in total. The Balaban J connectivity index is 1.60. The molecule has 0 spiro atoms. The number of ether oxygens (including phenoxy) is 3. The van der Waals surface area contributed by atoms with Crippen LogP contribution >= 0.6 is 0 Å². The normalized spacial score (nSPS) is 15.7. The number of non-ortho nitro benzene ring substituents is 1. The number of esters is 1. The molecule has 0 saturated heterocycles. The number of nitro groups is 1. The van der Waals surface area contributed by atoms with Crippen LogP contribution in [-0.2, 0) is 16.1 Å². The predicted octanol–water partition coefficient (Wildman–Crippen LogP) is 2.48. The molecule has 0 aliphatic carbocycles. The number of para-hydroxylation sites is 2. The summed E-state index contributed by atoms with van der Waals surface area (Å²) in [6.45, 7) is -0.00714. The Morgan fingerprint density at radius 1 is 1.22 bits per heavy atom. The third kappa shape index (κ3) is 3.39. The van der Waals surface area contributed by atoms with Crippen LogP contribution < -0.4 is 9.47 Å². The molecule has 0 radical (unpaired) electrons. The molecule has 2 aromatic rings. The van der Waals surface area contributed by atoms with Gasteiger partial charge in [-0.3, -0.25) is 10.1 Å². The van der Waals surface area contributed by atoms with Crippen molar-refractivity contribution in [2.24, 2.45) is 0 Å². The van der Waals surface area contributed by atoms with Gasteiger partial charge in [0.2, 0.25) is 6.10 Å². The number of rotatable bonds is 4. The summed E-state index contributed by atoms with van der Waals surface area (Å²) in [5.41, 5.74) is 0.481. The average molecular weight is 315 g/mol. The Hall–Kier alpha value is -3.09. The van der Waals surface area contributed by atoms with Gasteiger partial charge in [0.05, 0.1) is 4.92 Å². The van der Waals surface area contributed by atoms with Crippen LogP contribution in [-0.4, -0.2) is 23.6 Å². The zero-order valence-electron chi connectivity index (χ0n) is 12.0. The van der Waals surface area contributed by atoms with Crippen LogP contribution in [0.3, 0.4) is 0 Å². The lowest BCUT2D eigenvalue weighted by atomic mass is 10.2. The van der Waals surface area contributed by atoms with Crippen LogP contribution in [0.2, 0.25) is 0 Å². The number of fused-ring (bicyclic) bond motifs is 1. The van der Waals surface area contributed by atoms with Crippen LogP contribution in [0, 0.1) is 10.1 Å². The highest BCUT2D eigenvalue weighted by molar-refractivity contribution is 5.76. The van der Waals surface area contributed by atoms with Gasteiger partial charge >= 0.3 is 5.97 Å². The Morgan fingerprint density at radius 2 is 2.00 bits per heavy atom. The lowest BCUT2D eigenvalue weighted by Crippen LogP contribution is -2.37. The summed E-state index contributed by atoms with van der Waals surface area (Å²) < 4.78 is 16.1. The van der Waals surface area contributed by atoms with Crippen molar-refractivity contribution in [3.63, 3.8) is 0 Å². The Morgan fingerprint density at radius 3 is 2.78 bits per heavy atom. The molecule has 0 aromatic heterocycles. The van der Waals surface area contributed by atoms with Gasteiger partial charge in [0.1, 0.15) is 13.2 Å². The molecule has 23 heavy (non-hydrogen) atoms. The zero-order valence-corrected chi connectivity index (χ0v) is 12.0. The summed E-state index contributed by atoms with van der Waals surface area (Å²) in [7, 11) is 0. The van der Waals surface area contributed by atoms with Crippen LogP contribution in [0.15, 0.2) is 48.5 Å².